The van der Waals surface area contributed by atoms with E-state index in [2.05, 4.69) is 10.6 Å². The molecule has 0 saturated carbocycles. The van der Waals surface area contributed by atoms with E-state index in [-0.39, 0.29) is 0 Å². The Morgan fingerprint density at radius 1 is 1.38 bits per heavy atom. The number of nitrogens with one attached hydrogen (secondary N) is 2. The van der Waals surface area contributed by atoms with E-state index in [9.17, 15) is 0 Å². The smallest absolute Gasteiger partial charge is 0.166 e. The predicted octanol–water partition coefficient (Wildman–Crippen LogP) is 1.06. The summed E-state index contributed by atoms with van der Waals surface area (Å²) in [4.78, 5) is 0. The molecule has 0 spiro atoms. The number of hydrogen-bond acceptors (Lipinski definition) is 3. The second-order valence-electron chi connectivity index (χ2n) is 3.95. The first-order chi connectivity index (χ1) is 7.83. The fourth-order valence-electron chi connectivity index (χ4n) is 1.71. The molecule has 1 aliphatic rings. The average Bonchev–Trinajstić information content (AvgIpc) is 2.31. The van der Waals surface area contributed by atoms with Gasteiger partial charge < -0.3 is 20.1 Å². The van der Waals surface area contributed by atoms with Crippen molar-refractivity contribution in [2.45, 2.75) is 31.8 Å². The molecule has 1 fully saturated rings. The maximum Gasteiger partial charge on any atom is 0.166 e. The van der Waals surface area contributed by atoms with Gasteiger partial charge in [-0.15, -0.1) is 0 Å². The van der Waals surface area contributed by atoms with Crippen molar-refractivity contribution < 1.29 is 9.47 Å². The molecule has 0 radical (unpaired) electrons. The van der Waals surface area contributed by atoms with Crippen LogP contribution in [0.2, 0.25) is 0 Å². The molecule has 4 nitrogen and oxygen atoms in total. The van der Waals surface area contributed by atoms with E-state index in [4.69, 9.17) is 21.7 Å². The fraction of sp³-hybridized carbons (Fsp3) is 0.909. The first-order valence-electron chi connectivity index (χ1n) is 5.95. The standard InChI is InChI=1S/C11H22N2O2S/c1-14-9-7-13-11(16)12-6-5-10-4-2-3-8-15-10/h10H,2-9H2,1H3,(H2,12,13,16). The summed E-state index contributed by atoms with van der Waals surface area (Å²) in [5.41, 5.74) is 0. The number of rotatable bonds is 6. The molecule has 0 aromatic rings. The molecule has 1 heterocycles. The summed E-state index contributed by atoms with van der Waals surface area (Å²) in [5, 5.41) is 6.95. The van der Waals surface area contributed by atoms with Crippen molar-refractivity contribution in [3.8, 4) is 0 Å². The lowest BCUT2D eigenvalue weighted by molar-refractivity contribution is 0.0122. The topological polar surface area (TPSA) is 42.5 Å². The quantitative estimate of drug-likeness (QED) is 0.542. The maximum absolute atomic E-state index is 5.63. The third-order valence-corrected chi connectivity index (χ3v) is 2.91. The molecule has 0 aromatic heterocycles. The van der Waals surface area contributed by atoms with E-state index in [0.29, 0.717) is 17.8 Å². The van der Waals surface area contributed by atoms with Gasteiger partial charge in [-0.1, -0.05) is 0 Å². The molecule has 0 amide bonds. The lowest BCUT2D eigenvalue weighted by Gasteiger charge is -2.22. The van der Waals surface area contributed by atoms with Gasteiger partial charge in [0.1, 0.15) is 0 Å². The van der Waals surface area contributed by atoms with Crippen LogP contribution in [0.15, 0.2) is 0 Å². The zero-order valence-corrected chi connectivity index (χ0v) is 10.8. The zero-order chi connectivity index (χ0) is 11.6. The lowest BCUT2D eigenvalue weighted by Crippen LogP contribution is -2.38. The van der Waals surface area contributed by atoms with E-state index in [1.807, 2.05) is 0 Å². The first kappa shape index (κ1) is 13.7. The summed E-state index contributed by atoms with van der Waals surface area (Å²) in [7, 11) is 1.68. The molecule has 1 aliphatic heterocycles. The summed E-state index contributed by atoms with van der Waals surface area (Å²) in [6.45, 7) is 3.22. The van der Waals surface area contributed by atoms with Crippen molar-refractivity contribution in [2.75, 3.05) is 33.4 Å². The van der Waals surface area contributed by atoms with Crippen LogP contribution in [-0.2, 0) is 9.47 Å². The van der Waals surface area contributed by atoms with Crippen LogP contribution in [0.1, 0.15) is 25.7 Å². The summed E-state index contributed by atoms with van der Waals surface area (Å²) in [6.07, 6.45) is 5.14. The van der Waals surface area contributed by atoms with Crippen molar-refractivity contribution in [1.82, 2.24) is 10.6 Å². The highest BCUT2D eigenvalue weighted by atomic mass is 32.1. The van der Waals surface area contributed by atoms with E-state index >= 15 is 0 Å². The van der Waals surface area contributed by atoms with Gasteiger partial charge in [0.2, 0.25) is 0 Å². The Morgan fingerprint density at radius 3 is 2.88 bits per heavy atom. The largest absolute Gasteiger partial charge is 0.383 e. The highest BCUT2D eigenvalue weighted by Crippen LogP contribution is 2.14. The fourth-order valence-corrected chi connectivity index (χ4v) is 1.92. The van der Waals surface area contributed by atoms with Gasteiger partial charge in [0, 0.05) is 26.8 Å². The van der Waals surface area contributed by atoms with Crippen molar-refractivity contribution in [3.63, 3.8) is 0 Å². The van der Waals surface area contributed by atoms with Gasteiger partial charge in [-0.05, 0) is 37.9 Å². The number of hydrogen-bond donors (Lipinski definition) is 2. The van der Waals surface area contributed by atoms with Gasteiger partial charge in [0.15, 0.2) is 5.11 Å². The molecule has 5 heteroatoms. The summed E-state index contributed by atoms with van der Waals surface area (Å²) in [5.74, 6) is 0. The molecule has 1 atom stereocenters. The summed E-state index contributed by atoms with van der Waals surface area (Å²) in [6, 6.07) is 0. The Balaban J connectivity index is 1.94. The first-order valence-corrected chi connectivity index (χ1v) is 6.36. The van der Waals surface area contributed by atoms with Gasteiger partial charge >= 0.3 is 0 Å². The maximum atomic E-state index is 5.63. The molecule has 1 unspecified atom stereocenters. The number of thiocarbonyl (C=S) groups is 1. The third kappa shape index (κ3) is 6.25. The Bertz CT molecular complexity index is 196. The SMILES string of the molecule is COCCNC(=S)NCCC1CCCCO1. The van der Waals surface area contributed by atoms with Crippen molar-refractivity contribution >= 4 is 17.3 Å². The molecular formula is C11H22N2O2S. The van der Waals surface area contributed by atoms with Crippen LogP contribution < -0.4 is 10.6 Å². The Hall–Kier alpha value is -0.390. The molecule has 0 aromatic carbocycles. The highest BCUT2D eigenvalue weighted by Gasteiger charge is 2.12. The lowest BCUT2D eigenvalue weighted by atomic mass is 10.1. The van der Waals surface area contributed by atoms with Crippen molar-refractivity contribution in [2.24, 2.45) is 0 Å². The van der Waals surface area contributed by atoms with Gasteiger partial charge in [0.25, 0.3) is 0 Å². The summed E-state index contributed by atoms with van der Waals surface area (Å²) < 4.78 is 10.6. The van der Waals surface area contributed by atoms with Crippen LogP contribution in [0.4, 0.5) is 0 Å². The van der Waals surface area contributed by atoms with Gasteiger partial charge in [-0.3, -0.25) is 0 Å². The van der Waals surface area contributed by atoms with Crippen molar-refractivity contribution in [1.29, 1.82) is 0 Å². The van der Waals surface area contributed by atoms with E-state index in [1.165, 1.54) is 19.3 Å². The van der Waals surface area contributed by atoms with Crippen molar-refractivity contribution in [3.05, 3.63) is 0 Å². The minimum absolute atomic E-state index is 0.419. The highest BCUT2D eigenvalue weighted by molar-refractivity contribution is 7.80. The van der Waals surface area contributed by atoms with Crippen LogP contribution in [0.3, 0.4) is 0 Å². The third-order valence-electron chi connectivity index (χ3n) is 2.62. The van der Waals surface area contributed by atoms with Gasteiger partial charge in [0.05, 0.1) is 12.7 Å². The normalized spacial score (nSPS) is 20.4. The minimum Gasteiger partial charge on any atom is -0.383 e. The number of methoxy groups -OCH3 is 1. The van der Waals surface area contributed by atoms with E-state index in [0.717, 1.165) is 26.1 Å². The van der Waals surface area contributed by atoms with Crippen LogP contribution >= 0.6 is 12.2 Å². The molecule has 0 aliphatic carbocycles. The molecular weight excluding hydrogens is 224 g/mol. The molecule has 94 valence electrons. The zero-order valence-electron chi connectivity index (χ0n) is 9.96. The Kier molecular flexibility index (Phi) is 7.46. The average molecular weight is 246 g/mol. The molecule has 1 saturated heterocycles. The number of ether oxygens (including phenoxy) is 2. The van der Waals surface area contributed by atoms with Crippen LogP contribution in [0.25, 0.3) is 0 Å². The van der Waals surface area contributed by atoms with E-state index < -0.39 is 0 Å². The van der Waals surface area contributed by atoms with Gasteiger partial charge in [-0.25, -0.2) is 0 Å². The summed E-state index contributed by atoms with van der Waals surface area (Å²) >= 11 is 5.12. The minimum atomic E-state index is 0.419. The Morgan fingerprint density at radius 2 is 2.19 bits per heavy atom. The molecule has 2 N–H and O–H groups in total. The van der Waals surface area contributed by atoms with Crippen LogP contribution in [0, 0.1) is 0 Å². The molecule has 1 rings (SSSR count). The second-order valence-corrected chi connectivity index (χ2v) is 4.36. The Labute approximate surface area is 103 Å². The predicted molar refractivity (Wildman–Crippen MR) is 68.7 cm³/mol. The second kappa shape index (κ2) is 8.73. The monoisotopic (exact) mass is 246 g/mol. The van der Waals surface area contributed by atoms with E-state index in [1.54, 1.807) is 7.11 Å². The molecule has 16 heavy (non-hydrogen) atoms. The molecule has 0 bridgehead atoms. The van der Waals surface area contributed by atoms with Gasteiger partial charge in [-0.2, -0.15) is 0 Å². The van der Waals surface area contributed by atoms with Crippen LogP contribution in [-0.4, -0.2) is 44.6 Å². The van der Waals surface area contributed by atoms with Crippen LogP contribution in [0.5, 0.6) is 0 Å².